The molecular formula is C11H20O3S. The van der Waals surface area contributed by atoms with E-state index in [9.17, 15) is 8.42 Å². The summed E-state index contributed by atoms with van der Waals surface area (Å²) in [6.45, 7) is 2.52. The van der Waals surface area contributed by atoms with Crippen molar-refractivity contribution in [1.82, 2.24) is 0 Å². The largest absolute Gasteiger partial charge is 0.502 e. The second-order valence-corrected chi connectivity index (χ2v) is 6.37. The van der Waals surface area contributed by atoms with Crippen molar-refractivity contribution in [2.75, 3.05) is 12.4 Å². The molecule has 3 nitrogen and oxygen atoms in total. The summed E-state index contributed by atoms with van der Waals surface area (Å²) in [6, 6.07) is 0. The van der Waals surface area contributed by atoms with Gasteiger partial charge < -0.3 is 4.74 Å². The average Bonchev–Trinajstić information content (AvgIpc) is 2.19. The molecule has 1 atom stereocenters. The predicted octanol–water partition coefficient (Wildman–Crippen LogP) is 2.28. The van der Waals surface area contributed by atoms with Crippen LogP contribution in [0.25, 0.3) is 0 Å². The van der Waals surface area contributed by atoms with Gasteiger partial charge in [0.05, 0.1) is 23.9 Å². The Morgan fingerprint density at radius 3 is 2.87 bits per heavy atom. The quantitative estimate of drug-likeness (QED) is 0.539. The number of ether oxygens (including phenoxy) is 1. The van der Waals surface area contributed by atoms with E-state index in [0.717, 1.165) is 32.1 Å². The number of sulfone groups is 1. The van der Waals surface area contributed by atoms with Gasteiger partial charge in [-0.25, -0.2) is 8.42 Å². The number of hydrogen-bond donors (Lipinski definition) is 0. The van der Waals surface area contributed by atoms with E-state index in [4.69, 9.17) is 4.74 Å². The van der Waals surface area contributed by atoms with Crippen LogP contribution in [0.1, 0.15) is 39.0 Å². The lowest BCUT2D eigenvalue weighted by molar-refractivity contribution is 0.240. The summed E-state index contributed by atoms with van der Waals surface area (Å²) in [5.41, 5.74) is 0. The molecule has 88 valence electrons. The lowest BCUT2D eigenvalue weighted by Gasteiger charge is -2.21. The van der Waals surface area contributed by atoms with Gasteiger partial charge in [0.25, 0.3) is 0 Å². The van der Waals surface area contributed by atoms with E-state index in [1.165, 1.54) is 0 Å². The van der Waals surface area contributed by atoms with Gasteiger partial charge in [-0.1, -0.05) is 12.5 Å². The molecule has 0 N–H and O–H groups in total. The summed E-state index contributed by atoms with van der Waals surface area (Å²) in [4.78, 5) is 0. The maximum Gasteiger partial charge on any atom is 0.153 e. The molecule has 0 aliphatic carbocycles. The Bertz CT molecular complexity index is 293. The van der Waals surface area contributed by atoms with Crippen LogP contribution in [0.4, 0.5) is 0 Å². The Balaban J connectivity index is 2.25. The molecule has 0 aromatic carbocycles. The highest BCUT2D eigenvalue weighted by atomic mass is 32.2. The molecule has 4 heteroatoms. The van der Waals surface area contributed by atoms with Crippen molar-refractivity contribution in [2.24, 2.45) is 0 Å². The molecule has 0 bridgehead atoms. The van der Waals surface area contributed by atoms with Crippen molar-refractivity contribution < 1.29 is 13.2 Å². The first-order valence-corrected chi connectivity index (χ1v) is 7.32. The summed E-state index contributed by atoms with van der Waals surface area (Å²) >= 11 is 0. The average molecular weight is 232 g/mol. The molecule has 0 saturated carbocycles. The van der Waals surface area contributed by atoms with Crippen LogP contribution in [0.15, 0.2) is 12.3 Å². The minimum atomic E-state index is -2.79. The fourth-order valence-corrected chi connectivity index (χ4v) is 3.90. The molecule has 1 fully saturated rings. The van der Waals surface area contributed by atoms with Crippen molar-refractivity contribution in [3.63, 3.8) is 0 Å². The fourth-order valence-electron chi connectivity index (χ4n) is 1.90. The van der Waals surface area contributed by atoms with E-state index >= 15 is 0 Å². The summed E-state index contributed by atoms with van der Waals surface area (Å²) in [6.07, 6.45) is 7.79. The molecular weight excluding hydrogens is 212 g/mol. The van der Waals surface area contributed by atoms with Crippen molar-refractivity contribution in [3.05, 3.63) is 12.3 Å². The topological polar surface area (TPSA) is 43.4 Å². The molecule has 1 aliphatic heterocycles. The first kappa shape index (κ1) is 12.6. The van der Waals surface area contributed by atoms with E-state index in [-0.39, 0.29) is 5.25 Å². The van der Waals surface area contributed by atoms with Crippen molar-refractivity contribution in [1.29, 1.82) is 0 Å². The van der Waals surface area contributed by atoms with Gasteiger partial charge in [-0.3, -0.25) is 0 Å². The monoisotopic (exact) mass is 232 g/mol. The molecule has 0 radical (unpaired) electrons. The first-order chi connectivity index (χ1) is 7.17. The van der Waals surface area contributed by atoms with Crippen molar-refractivity contribution >= 4 is 9.84 Å². The van der Waals surface area contributed by atoms with Gasteiger partial charge in [0, 0.05) is 0 Å². The van der Waals surface area contributed by atoms with Crippen LogP contribution in [0, 0.1) is 0 Å². The maximum atomic E-state index is 11.6. The lowest BCUT2D eigenvalue weighted by atomic mass is 10.1. The molecule has 0 aromatic rings. The lowest BCUT2D eigenvalue weighted by Crippen LogP contribution is -2.28. The zero-order chi connectivity index (χ0) is 11.1. The third kappa shape index (κ3) is 4.24. The minimum Gasteiger partial charge on any atom is -0.502 e. The van der Waals surface area contributed by atoms with E-state index in [1.54, 1.807) is 6.26 Å². The SMILES string of the molecule is C/C=C/OCCCC1CCCCS1(=O)=O. The molecule has 1 saturated heterocycles. The second kappa shape index (κ2) is 6.16. The summed E-state index contributed by atoms with van der Waals surface area (Å²) in [5, 5.41) is -0.111. The highest BCUT2D eigenvalue weighted by molar-refractivity contribution is 7.92. The van der Waals surface area contributed by atoms with Crippen LogP contribution in [-0.2, 0) is 14.6 Å². The van der Waals surface area contributed by atoms with Crippen molar-refractivity contribution in [2.45, 2.75) is 44.3 Å². The van der Waals surface area contributed by atoms with Gasteiger partial charge in [0.2, 0.25) is 0 Å². The van der Waals surface area contributed by atoms with Gasteiger partial charge in [-0.15, -0.1) is 0 Å². The van der Waals surface area contributed by atoms with Crippen LogP contribution in [0.3, 0.4) is 0 Å². The highest BCUT2D eigenvalue weighted by Gasteiger charge is 2.27. The molecule has 1 rings (SSSR count). The molecule has 15 heavy (non-hydrogen) atoms. The third-order valence-electron chi connectivity index (χ3n) is 2.73. The predicted molar refractivity (Wildman–Crippen MR) is 61.4 cm³/mol. The van der Waals surface area contributed by atoms with Gasteiger partial charge in [0.15, 0.2) is 9.84 Å². The second-order valence-electron chi connectivity index (χ2n) is 3.97. The Hall–Kier alpha value is -0.510. The van der Waals surface area contributed by atoms with Crippen molar-refractivity contribution in [3.8, 4) is 0 Å². The molecule has 1 aliphatic rings. The summed E-state index contributed by atoms with van der Waals surface area (Å²) in [5.74, 6) is 0.382. The standard InChI is InChI=1S/C11H20O3S/c1-2-8-14-9-5-7-11-6-3-4-10-15(11,12)13/h2,8,11H,3-7,9-10H2,1H3/b8-2+. The molecule has 1 heterocycles. The summed E-state index contributed by atoms with van der Waals surface area (Å²) < 4.78 is 28.5. The van der Waals surface area contributed by atoms with Crippen LogP contribution in [-0.4, -0.2) is 26.0 Å². The summed E-state index contributed by atoms with van der Waals surface area (Å²) in [7, 11) is -2.79. The smallest absolute Gasteiger partial charge is 0.153 e. The van der Waals surface area contributed by atoms with E-state index in [0.29, 0.717) is 12.4 Å². The van der Waals surface area contributed by atoms with Crippen LogP contribution in [0.5, 0.6) is 0 Å². The Morgan fingerprint density at radius 2 is 2.20 bits per heavy atom. The van der Waals surface area contributed by atoms with Gasteiger partial charge >= 0.3 is 0 Å². The first-order valence-electron chi connectivity index (χ1n) is 5.61. The zero-order valence-electron chi connectivity index (χ0n) is 9.31. The number of hydrogen-bond acceptors (Lipinski definition) is 3. The Labute approximate surface area is 92.4 Å². The Morgan fingerprint density at radius 1 is 1.40 bits per heavy atom. The van der Waals surface area contributed by atoms with Gasteiger partial charge in [-0.05, 0) is 32.6 Å². The number of allylic oxidation sites excluding steroid dienone is 1. The van der Waals surface area contributed by atoms with E-state index in [2.05, 4.69) is 0 Å². The van der Waals surface area contributed by atoms with Crippen LogP contribution < -0.4 is 0 Å². The fraction of sp³-hybridized carbons (Fsp3) is 0.818. The van der Waals surface area contributed by atoms with E-state index < -0.39 is 9.84 Å². The molecule has 1 unspecified atom stereocenters. The zero-order valence-corrected chi connectivity index (χ0v) is 10.1. The van der Waals surface area contributed by atoms with E-state index in [1.807, 2.05) is 13.0 Å². The Kier molecular flexibility index (Phi) is 5.15. The third-order valence-corrected chi connectivity index (χ3v) is 5.08. The maximum absolute atomic E-state index is 11.6. The molecule has 0 amide bonds. The van der Waals surface area contributed by atoms with Crippen LogP contribution in [0.2, 0.25) is 0 Å². The highest BCUT2D eigenvalue weighted by Crippen LogP contribution is 2.23. The normalized spacial score (nSPS) is 25.5. The van der Waals surface area contributed by atoms with Crippen LogP contribution >= 0.6 is 0 Å². The minimum absolute atomic E-state index is 0.111. The molecule has 0 aromatic heterocycles. The van der Waals surface area contributed by atoms with Gasteiger partial charge in [-0.2, -0.15) is 0 Å². The molecule has 0 spiro atoms. The van der Waals surface area contributed by atoms with Gasteiger partial charge in [0.1, 0.15) is 0 Å². The number of rotatable bonds is 5.